The molecule has 0 unspecified atom stereocenters. The van der Waals surface area contributed by atoms with Crippen molar-refractivity contribution in [3.05, 3.63) is 131 Å². The number of fused-ring (bicyclic) bond motifs is 6. The molecule has 1 aliphatic carbocycles. The molecule has 3 aliphatic rings. The minimum atomic E-state index is -1.61. The lowest BCUT2D eigenvalue weighted by Crippen LogP contribution is -2.50. The highest BCUT2D eigenvalue weighted by molar-refractivity contribution is 6.32. The van der Waals surface area contributed by atoms with Gasteiger partial charge < -0.3 is 0 Å². The Labute approximate surface area is 227 Å². The summed E-state index contributed by atoms with van der Waals surface area (Å²) >= 11 is 0. The number of hydrogen-bond donors (Lipinski definition) is 0. The molecule has 0 bridgehead atoms. The van der Waals surface area contributed by atoms with E-state index in [1.54, 1.807) is 54.6 Å². The normalized spacial score (nSPS) is 25.2. The van der Waals surface area contributed by atoms with Crippen molar-refractivity contribution in [1.82, 2.24) is 0 Å². The van der Waals surface area contributed by atoms with Gasteiger partial charge in [0.1, 0.15) is 17.0 Å². The van der Waals surface area contributed by atoms with Gasteiger partial charge in [-0.3, -0.25) is 19.2 Å². The van der Waals surface area contributed by atoms with Gasteiger partial charge in [-0.1, -0.05) is 54.6 Å². The molecular formula is C32H20F2N2O4. The van der Waals surface area contributed by atoms with Crippen LogP contribution in [0.4, 0.5) is 20.2 Å². The molecule has 2 saturated heterocycles. The topological polar surface area (TPSA) is 74.8 Å². The van der Waals surface area contributed by atoms with E-state index in [4.69, 9.17) is 0 Å². The van der Waals surface area contributed by atoms with E-state index in [2.05, 4.69) is 0 Å². The fourth-order valence-corrected chi connectivity index (χ4v) is 6.76. The molecule has 40 heavy (non-hydrogen) atoms. The second-order valence-electron chi connectivity index (χ2n) is 10.2. The number of benzene rings is 4. The van der Waals surface area contributed by atoms with Gasteiger partial charge in [0, 0.05) is 0 Å². The molecule has 2 heterocycles. The van der Waals surface area contributed by atoms with Gasteiger partial charge in [0.25, 0.3) is 0 Å². The summed E-state index contributed by atoms with van der Waals surface area (Å²) in [5.41, 5.74) is 0.201. The molecular weight excluding hydrogens is 514 g/mol. The number of nitrogens with zero attached hydrogens (tertiary/aromatic N) is 2. The summed E-state index contributed by atoms with van der Waals surface area (Å²) in [6.45, 7) is 0. The first kappa shape index (κ1) is 24.1. The van der Waals surface area contributed by atoms with Crippen molar-refractivity contribution in [3.8, 4) is 0 Å². The monoisotopic (exact) mass is 534 g/mol. The predicted molar refractivity (Wildman–Crippen MR) is 141 cm³/mol. The SMILES string of the molecule is O=C1[C@@H]2[C@H]3C(=O)N(c4ccc(F)cc4)C(=O)[C@@]3(c3ccccc3)c3ccccc3[C@@H]2C(=O)N1c1ccc(F)cc1. The van der Waals surface area contributed by atoms with Crippen LogP contribution in [0.15, 0.2) is 103 Å². The quantitative estimate of drug-likeness (QED) is 0.357. The molecule has 0 radical (unpaired) electrons. The van der Waals surface area contributed by atoms with Crippen molar-refractivity contribution in [2.45, 2.75) is 11.3 Å². The lowest BCUT2D eigenvalue weighted by atomic mass is 9.55. The number of hydrogen-bond acceptors (Lipinski definition) is 4. The molecule has 0 aromatic heterocycles. The van der Waals surface area contributed by atoms with Gasteiger partial charge in [0.2, 0.25) is 23.6 Å². The van der Waals surface area contributed by atoms with E-state index in [0.29, 0.717) is 16.7 Å². The Morgan fingerprint density at radius 1 is 0.575 bits per heavy atom. The van der Waals surface area contributed by atoms with Gasteiger partial charge in [-0.2, -0.15) is 0 Å². The maximum Gasteiger partial charge on any atom is 0.249 e. The zero-order valence-electron chi connectivity index (χ0n) is 20.8. The third-order valence-corrected chi connectivity index (χ3v) is 8.32. The fraction of sp³-hybridized carbons (Fsp3) is 0.125. The predicted octanol–water partition coefficient (Wildman–Crippen LogP) is 4.73. The Balaban J connectivity index is 1.51. The zero-order chi connectivity index (χ0) is 27.8. The summed E-state index contributed by atoms with van der Waals surface area (Å²) in [5.74, 6) is -6.95. The van der Waals surface area contributed by atoms with Crippen molar-refractivity contribution in [2.24, 2.45) is 11.8 Å². The van der Waals surface area contributed by atoms with Gasteiger partial charge in [0.05, 0.1) is 29.1 Å². The third-order valence-electron chi connectivity index (χ3n) is 8.32. The van der Waals surface area contributed by atoms with E-state index in [-0.39, 0.29) is 11.4 Å². The Morgan fingerprint density at radius 3 is 1.75 bits per heavy atom. The summed E-state index contributed by atoms with van der Waals surface area (Å²) in [6, 6.07) is 25.7. The minimum absolute atomic E-state index is 0.169. The maximum absolute atomic E-state index is 14.6. The maximum atomic E-state index is 14.6. The van der Waals surface area contributed by atoms with Crippen LogP contribution in [0.25, 0.3) is 0 Å². The first-order valence-corrected chi connectivity index (χ1v) is 12.8. The molecule has 7 rings (SSSR count). The Kier molecular flexibility index (Phi) is 5.12. The van der Waals surface area contributed by atoms with Crippen molar-refractivity contribution in [1.29, 1.82) is 0 Å². The van der Waals surface area contributed by atoms with E-state index < -0.39 is 58.4 Å². The summed E-state index contributed by atoms with van der Waals surface area (Å²) in [7, 11) is 0. The van der Waals surface area contributed by atoms with E-state index in [0.717, 1.165) is 34.1 Å². The van der Waals surface area contributed by atoms with Crippen molar-refractivity contribution >= 4 is 35.0 Å². The number of rotatable bonds is 3. The van der Waals surface area contributed by atoms with Crippen LogP contribution in [0, 0.1) is 23.5 Å². The van der Waals surface area contributed by atoms with Crippen LogP contribution in [0.2, 0.25) is 0 Å². The first-order valence-electron chi connectivity index (χ1n) is 12.8. The Morgan fingerprint density at radius 2 is 1.12 bits per heavy atom. The summed E-state index contributed by atoms with van der Waals surface area (Å²) in [6.07, 6.45) is 0. The highest BCUT2D eigenvalue weighted by atomic mass is 19.1. The van der Waals surface area contributed by atoms with Gasteiger partial charge in [-0.15, -0.1) is 0 Å². The number of amides is 4. The Hall–Kier alpha value is -4.98. The van der Waals surface area contributed by atoms with Gasteiger partial charge >= 0.3 is 0 Å². The summed E-state index contributed by atoms with van der Waals surface area (Å²) < 4.78 is 27.5. The van der Waals surface area contributed by atoms with Gasteiger partial charge in [0.15, 0.2) is 0 Å². The minimum Gasteiger partial charge on any atom is -0.274 e. The van der Waals surface area contributed by atoms with Crippen LogP contribution in [-0.4, -0.2) is 23.6 Å². The molecule has 4 atom stereocenters. The molecule has 0 N–H and O–H groups in total. The molecule has 8 heteroatoms. The Bertz CT molecular complexity index is 1720. The molecule has 2 aliphatic heterocycles. The van der Waals surface area contributed by atoms with E-state index in [9.17, 15) is 28.0 Å². The average molecular weight is 535 g/mol. The van der Waals surface area contributed by atoms with E-state index >= 15 is 0 Å². The standard InChI is InChI=1S/C32H20F2N2O4/c33-19-10-14-21(15-11-19)35-28(37)25-23-8-4-5-9-24(23)32(18-6-2-1-3-7-18)27(26(25)29(35)38)30(39)36(31(32)40)22-16-12-20(34)13-17-22/h1-17,25-27H/t25-,26-,27-,32-/m0/s1. The number of carbonyl (C=O) groups is 4. The second-order valence-corrected chi connectivity index (χ2v) is 10.2. The van der Waals surface area contributed by atoms with Crippen LogP contribution >= 0.6 is 0 Å². The van der Waals surface area contributed by atoms with Crippen LogP contribution in [-0.2, 0) is 24.6 Å². The van der Waals surface area contributed by atoms with Crippen LogP contribution in [0.5, 0.6) is 0 Å². The van der Waals surface area contributed by atoms with Gasteiger partial charge in [-0.05, 0) is 65.2 Å². The first-order chi connectivity index (χ1) is 19.4. The van der Waals surface area contributed by atoms with Crippen LogP contribution in [0.1, 0.15) is 22.6 Å². The summed E-state index contributed by atoms with van der Waals surface area (Å²) in [5, 5.41) is 0. The largest absolute Gasteiger partial charge is 0.274 e. The number of imide groups is 2. The zero-order valence-corrected chi connectivity index (χ0v) is 20.8. The number of halogens is 2. The molecule has 2 fully saturated rings. The third kappa shape index (κ3) is 3.01. The smallest absolute Gasteiger partial charge is 0.249 e. The van der Waals surface area contributed by atoms with Crippen LogP contribution < -0.4 is 9.80 Å². The molecule has 4 amide bonds. The molecule has 0 saturated carbocycles. The highest BCUT2D eigenvalue weighted by Crippen LogP contribution is 2.60. The summed E-state index contributed by atoms with van der Waals surface area (Å²) in [4.78, 5) is 59.2. The van der Waals surface area contributed by atoms with Crippen molar-refractivity contribution in [2.75, 3.05) is 9.80 Å². The molecule has 0 spiro atoms. The van der Waals surface area contributed by atoms with Crippen molar-refractivity contribution in [3.63, 3.8) is 0 Å². The fourth-order valence-electron chi connectivity index (χ4n) is 6.76. The lowest BCUT2D eigenvalue weighted by Gasteiger charge is -2.42. The highest BCUT2D eigenvalue weighted by Gasteiger charge is 2.72. The second kappa shape index (κ2) is 8.51. The molecule has 4 aromatic rings. The number of carbonyl (C=O) groups excluding carboxylic acids is 4. The van der Waals surface area contributed by atoms with Crippen LogP contribution in [0.3, 0.4) is 0 Å². The van der Waals surface area contributed by atoms with Crippen molar-refractivity contribution < 1.29 is 28.0 Å². The van der Waals surface area contributed by atoms with E-state index in [1.165, 1.54) is 24.3 Å². The molecule has 4 aromatic carbocycles. The average Bonchev–Trinajstić information content (AvgIpc) is 3.37. The number of anilines is 2. The molecule has 6 nitrogen and oxygen atoms in total. The van der Waals surface area contributed by atoms with E-state index in [1.807, 2.05) is 0 Å². The lowest BCUT2D eigenvalue weighted by molar-refractivity contribution is -0.131. The van der Waals surface area contributed by atoms with Gasteiger partial charge in [-0.25, -0.2) is 18.6 Å². The molecule has 196 valence electrons.